The highest BCUT2D eigenvalue weighted by molar-refractivity contribution is 7.85. The van der Waals surface area contributed by atoms with Crippen molar-refractivity contribution in [1.82, 2.24) is 8.86 Å². The Morgan fingerprint density at radius 1 is 0.970 bits per heavy atom. The Hall–Kier alpha value is -2.52. The van der Waals surface area contributed by atoms with Gasteiger partial charge in [0.15, 0.2) is 0 Å². The molecule has 0 aliphatic heterocycles. The molecule has 0 bridgehead atoms. The van der Waals surface area contributed by atoms with E-state index in [1.165, 1.54) is 17.7 Å². The van der Waals surface area contributed by atoms with E-state index in [0.29, 0.717) is 0 Å². The van der Waals surface area contributed by atoms with E-state index >= 15 is 0 Å². The number of likely N-dealkylation sites (N-methyl/N-ethyl adjacent to an activating group) is 1. The van der Waals surface area contributed by atoms with Crippen LogP contribution in [0.1, 0.15) is 25.0 Å². The molecule has 1 heterocycles. The number of hydrogen-bond acceptors (Lipinski definition) is 5. The Kier molecular flexibility index (Phi) is 8.07. The summed E-state index contributed by atoms with van der Waals surface area (Å²) in [5.74, 6) is 0. The van der Waals surface area contributed by atoms with Crippen LogP contribution < -0.4 is 5.56 Å². The van der Waals surface area contributed by atoms with Gasteiger partial charge < -0.3 is 4.90 Å². The van der Waals surface area contributed by atoms with Gasteiger partial charge in [-0.25, -0.2) is 0 Å². The molecular formula is C25H30N2O4S2. The second-order valence-electron chi connectivity index (χ2n) is 7.96. The van der Waals surface area contributed by atoms with Gasteiger partial charge >= 0.3 is 0 Å². The summed E-state index contributed by atoms with van der Waals surface area (Å²) in [7, 11) is -4.09. The molecule has 0 atom stereocenters. The largest absolute Gasteiger partial charge is 0.302 e. The van der Waals surface area contributed by atoms with Gasteiger partial charge in [-0.2, -0.15) is 8.42 Å². The van der Waals surface area contributed by atoms with Gasteiger partial charge in [0.2, 0.25) is 0 Å². The fourth-order valence-corrected chi connectivity index (χ4v) is 5.49. The third-order valence-corrected chi connectivity index (χ3v) is 7.56. The molecule has 4 aromatic rings. The molecule has 4 rings (SSSR count). The third-order valence-electron chi connectivity index (χ3n) is 5.63. The van der Waals surface area contributed by atoms with Crippen LogP contribution in [-0.4, -0.2) is 41.5 Å². The van der Waals surface area contributed by atoms with Crippen LogP contribution in [0.2, 0.25) is 0 Å². The number of hydrogen-bond donors (Lipinski definition) is 1. The second-order valence-corrected chi connectivity index (χ2v) is 10.4. The molecule has 3 aromatic carbocycles. The molecule has 0 amide bonds. The third kappa shape index (κ3) is 6.09. The van der Waals surface area contributed by atoms with E-state index in [0.717, 1.165) is 52.6 Å². The van der Waals surface area contributed by atoms with Crippen LogP contribution in [-0.2, 0) is 16.7 Å². The first kappa shape index (κ1) is 25.1. The molecule has 1 N–H and O–H groups in total. The van der Waals surface area contributed by atoms with Crippen molar-refractivity contribution in [2.24, 2.45) is 0 Å². The predicted molar refractivity (Wildman–Crippen MR) is 137 cm³/mol. The normalized spacial score (nSPS) is 11.7. The first-order valence-electron chi connectivity index (χ1n) is 10.9. The zero-order chi connectivity index (χ0) is 24.2. The van der Waals surface area contributed by atoms with Crippen LogP contribution in [0.15, 0.2) is 64.3 Å². The zero-order valence-electron chi connectivity index (χ0n) is 19.4. The zero-order valence-corrected chi connectivity index (χ0v) is 21.0. The Morgan fingerprint density at radius 2 is 1.64 bits per heavy atom. The molecule has 0 saturated carbocycles. The van der Waals surface area contributed by atoms with E-state index in [2.05, 4.69) is 37.8 Å². The summed E-state index contributed by atoms with van der Waals surface area (Å²) in [5.41, 5.74) is 2.49. The summed E-state index contributed by atoms with van der Waals surface area (Å²) in [6, 6.07) is 16.1. The van der Waals surface area contributed by atoms with Crippen LogP contribution in [0, 0.1) is 13.8 Å². The molecule has 8 heteroatoms. The van der Waals surface area contributed by atoms with Crippen molar-refractivity contribution in [2.75, 3.05) is 19.6 Å². The summed E-state index contributed by atoms with van der Waals surface area (Å²) in [5, 5.41) is 2.64. The van der Waals surface area contributed by atoms with Gasteiger partial charge in [0.25, 0.3) is 15.7 Å². The topological polar surface area (TPSA) is 79.6 Å². The van der Waals surface area contributed by atoms with Crippen molar-refractivity contribution in [1.29, 1.82) is 0 Å². The minimum atomic E-state index is -4.09. The van der Waals surface area contributed by atoms with Crippen molar-refractivity contribution in [3.63, 3.8) is 0 Å². The molecule has 176 valence electrons. The van der Waals surface area contributed by atoms with Crippen LogP contribution in [0.4, 0.5) is 0 Å². The van der Waals surface area contributed by atoms with E-state index in [9.17, 15) is 13.2 Å². The maximum Gasteiger partial charge on any atom is 0.294 e. The summed E-state index contributed by atoms with van der Waals surface area (Å²) in [4.78, 5) is 14.7. The van der Waals surface area contributed by atoms with E-state index in [4.69, 9.17) is 4.55 Å². The van der Waals surface area contributed by atoms with Crippen molar-refractivity contribution >= 4 is 42.5 Å². The minimum Gasteiger partial charge on any atom is -0.302 e. The van der Waals surface area contributed by atoms with Gasteiger partial charge in [0, 0.05) is 13.1 Å². The SMILES string of the molecule is CCN(CC)CCn1sc2cc(C)cc(C)c2c1=O.O=S(=O)(O)c1ccc2ccccc2c1. The molecular weight excluding hydrogens is 456 g/mol. The quantitative estimate of drug-likeness (QED) is 0.383. The van der Waals surface area contributed by atoms with Gasteiger partial charge in [-0.1, -0.05) is 61.8 Å². The molecule has 0 fully saturated rings. The highest BCUT2D eigenvalue weighted by atomic mass is 32.2. The molecule has 1 aromatic heterocycles. The van der Waals surface area contributed by atoms with Gasteiger partial charge in [-0.05, 0) is 67.0 Å². The Bertz CT molecular complexity index is 1420. The monoisotopic (exact) mass is 486 g/mol. The predicted octanol–water partition coefficient (Wildman–Crippen LogP) is 5.11. The van der Waals surface area contributed by atoms with Crippen LogP contribution in [0.5, 0.6) is 0 Å². The maximum absolute atomic E-state index is 12.4. The molecule has 0 radical (unpaired) electrons. The minimum absolute atomic E-state index is 0.0730. The van der Waals surface area contributed by atoms with Crippen molar-refractivity contribution in [2.45, 2.75) is 39.1 Å². The first-order valence-corrected chi connectivity index (χ1v) is 13.1. The Balaban J connectivity index is 0.000000194. The maximum atomic E-state index is 12.4. The molecule has 33 heavy (non-hydrogen) atoms. The Labute approximate surface area is 199 Å². The van der Waals surface area contributed by atoms with Crippen molar-refractivity contribution in [3.05, 3.63) is 76.1 Å². The van der Waals surface area contributed by atoms with Crippen LogP contribution >= 0.6 is 11.5 Å². The smallest absolute Gasteiger partial charge is 0.294 e. The first-order chi connectivity index (χ1) is 15.6. The average Bonchev–Trinajstić information content (AvgIpc) is 3.09. The number of benzene rings is 3. The summed E-state index contributed by atoms with van der Waals surface area (Å²) >= 11 is 1.59. The van der Waals surface area contributed by atoms with Crippen molar-refractivity contribution < 1.29 is 13.0 Å². The summed E-state index contributed by atoms with van der Waals surface area (Å²) in [6.07, 6.45) is 0. The Morgan fingerprint density at radius 3 is 2.27 bits per heavy atom. The number of aromatic nitrogens is 1. The van der Waals surface area contributed by atoms with Gasteiger partial charge in [-0.3, -0.25) is 13.3 Å². The molecule has 0 aliphatic carbocycles. The molecule has 0 unspecified atom stereocenters. The summed E-state index contributed by atoms with van der Waals surface area (Å²) < 4.78 is 33.5. The second kappa shape index (κ2) is 10.6. The number of nitrogens with zero attached hydrogens (tertiary/aromatic N) is 2. The van der Waals surface area contributed by atoms with E-state index in [1.807, 2.05) is 29.1 Å². The van der Waals surface area contributed by atoms with Crippen molar-refractivity contribution in [3.8, 4) is 0 Å². The lowest BCUT2D eigenvalue weighted by Crippen LogP contribution is -2.29. The number of aryl methyl sites for hydroxylation is 2. The lowest BCUT2D eigenvalue weighted by molar-refractivity contribution is 0.293. The van der Waals surface area contributed by atoms with Gasteiger partial charge in [0.1, 0.15) is 0 Å². The summed E-state index contributed by atoms with van der Waals surface area (Å²) in [6.45, 7) is 12.2. The van der Waals surface area contributed by atoms with Crippen LogP contribution in [0.25, 0.3) is 20.9 Å². The number of rotatable bonds is 6. The fourth-order valence-electron chi connectivity index (χ4n) is 3.81. The lowest BCUT2D eigenvalue weighted by Gasteiger charge is -2.17. The molecule has 0 saturated heterocycles. The lowest BCUT2D eigenvalue weighted by atomic mass is 10.1. The fraction of sp³-hybridized carbons (Fsp3) is 0.320. The van der Waals surface area contributed by atoms with E-state index in [1.54, 1.807) is 23.7 Å². The average molecular weight is 487 g/mol. The van der Waals surface area contributed by atoms with Crippen LogP contribution in [0.3, 0.4) is 0 Å². The number of fused-ring (bicyclic) bond motifs is 2. The molecule has 0 spiro atoms. The van der Waals surface area contributed by atoms with Gasteiger partial charge in [-0.15, -0.1) is 0 Å². The standard InChI is InChI=1S/C15H22N2OS.C10H8O3S/c1-5-16(6-2)7-8-17-15(18)14-12(4)9-11(3)10-13(14)19-17;11-14(12,13)10-6-5-8-3-1-2-4-9(8)7-10/h9-10H,5-8H2,1-4H3;1-7H,(H,11,12,13). The van der Waals surface area contributed by atoms with E-state index in [-0.39, 0.29) is 10.5 Å². The van der Waals surface area contributed by atoms with E-state index < -0.39 is 10.1 Å². The highest BCUT2D eigenvalue weighted by Crippen LogP contribution is 2.22. The molecule has 0 aliphatic rings. The van der Waals surface area contributed by atoms with Gasteiger partial charge in [0.05, 0.1) is 15.0 Å². The highest BCUT2D eigenvalue weighted by Gasteiger charge is 2.11. The molecule has 6 nitrogen and oxygen atoms in total.